The predicted molar refractivity (Wildman–Crippen MR) is 139 cm³/mol. The second-order valence-electron chi connectivity index (χ2n) is 8.25. The van der Waals surface area contributed by atoms with Gasteiger partial charge < -0.3 is 21.0 Å². The first-order chi connectivity index (χ1) is 15.3. The van der Waals surface area contributed by atoms with Crippen molar-refractivity contribution in [1.82, 2.24) is 4.90 Å². The molecule has 2 fully saturated rings. The van der Waals surface area contributed by atoms with Gasteiger partial charge >= 0.3 is 0 Å². The minimum absolute atomic E-state index is 0.196. The number of phenolic OH excluding ortho intramolecular Hbond substituents is 1. The van der Waals surface area contributed by atoms with Gasteiger partial charge in [0.25, 0.3) is 0 Å². The summed E-state index contributed by atoms with van der Waals surface area (Å²) in [7, 11) is 0. The highest BCUT2D eigenvalue weighted by Gasteiger charge is 2.26. The van der Waals surface area contributed by atoms with Gasteiger partial charge in [-0.15, -0.1) is 11.8 Å². The van der Waals surface area contributed by atoms with Crippen LogP contribution in [-0.4, -0.2) is 61.7 Å². The fourth-order valence-corrected chi connectivity index (χ4v) is 4.56. The monoisotopic (exact) mass is 463 g/mol. The number of thioether (sulfide) groups is 1. The first-order valence-corrected chi connectivity index (χ1v) is 12.1. The van der Waals surface area contributed by atoms with E-state index in [1.807, 2.05) is 33.0 Å². The maximum Gasteiger partial charge on any atom is 0.141 e. The van der Waals surface area contributed by atoms with Crippen molar-refractivity contribution in [2.45, 2.75) is 53.0 Å². The molecule has 0 radical (unpaired) electrons. The van der Waals surface area contributed by atoms with Crippen LogP contribution in [0.1, 0.15) is 44.2 Å². The summed E-state index contributed by atoms with van der Waals surface area (Å²) in [6.07, 6.45) is 5.87. The van der Waals surface area contributed by atoms with Crippen LogP contribution in [0.2, 0.25) is 0 Å². The van der Waals surface area contributed by atoms with Crippen LogP contribution in [0.25, 0.3) is 0 Å². The van der Waals surface area contributed by atoms with Gasteiger partial charge in [-0.3, -0.25) is 4.90 Å². The molecular formula is C24H41N5O2S. The number of piperidine rings is 1. The van der Waals surface area contributed by atoms with Crippen LogP contribution in [0, 0.1) is 25.2 Å². The molecule has 0 amide bonds. The number of hydrazone groups is 1. The topological polar surface area (TPSA) is 98.2 Å². The highest BCUT2D eigenvalue weighted by atomic mass is 32.2. The maximum atomic E-state index is 10.0. The number of allylic oxidation sites excluding steroid dienone is 1. The van der Waals surface area contributed by atoms with Crippen LogP contribution in [0.3, 0.4) is 0 Å². The molecule has 8 heteroatoms. The van der Waals surface area contributed by atoms with Crippen molar-refractivity contribution in [3.8, 4) is 5.75 Å². The highest BCUT2D eigenvalue weighted by molar-refractivity contribution is 8.02. The molecule has 2 unspecified atom stereocenters. The molecule has 2 saturated heterocycles. The Kier molecular flexibility index (Phi) is 13.2. The Hall–Kier alpha value is -1.87. The lowest BCUT2D eigenvalue weighted by Gasteiger charge is -2.34. The first-order valence-electron chi connectivity index (χ1n) is 11.1. The highest BCUT2D eigenvalue weighted by Crippen LogP contribution is 2.33. The molecule has 0 aromatic heterocycles. The molecule has 2 aliphatic rings. The number of aromatic hydroxyl groups is 1. The normalized spacial score (nSPS) is 21.1. The number of aryl methyl sites for hydroxylation is 2. The van der Waals surface area contributed by atoms with Crippen LogP contribution < -0.4 is 10.7 Å². The molecule has 2 atom stereocenters. The molecular weight excluding hydrogens is 422 g/mol. The zero-order chi connectivity index (χ0) is 24.1. The van der Waals surface area contributed by atoms with Crippen LogP contribution in [0.15, 0.2) is 28.3 Å². The molecule has 0 spiro atoms. The summed E-state index contributed by atoms with van der Waals surface area (Å²) in [5.41, 5.74) is 8.07. The van der Waals surface area contributed by atoms with Gasteiger partial charge in [-0.1, -0.05) is 13.0 Å². The van der Waals surface area contributed by atoms with Crippen LogP contribution >= 0.6 is 11.8 Å². The quantitative estimate of drug-likeness (QED) is 0.321. The van der Waals surface area contributed by atoms with E-state index in [1.54, 1.807) is 11.1 Å². The minimum Gasteiger partial charge on any atom is -0.506 e. The molecule has 0 saturated carbocycles. The number of rotatable bonds is 6. The summed E-state index contributed by atoms with van der Waals surface area (Å²) in [5, 5.41) is 21.0. The lowest BCUT2D eigenvalue weighted by molar-refractivity contribution is 0.108. The van der Waals surface area contributed by atoms with Crippen LogP contribution in [0.4, 0.5) is 5.69 Å². The van der Waals surface area contributed by atoms with Gasteiger partial charge in [-0.05, 0) is 76.4 Å². The predicted octanol–water partition coefficient (Wildman–Crippen LogP) is 4.71. The van der Waals surface area contributed by atoms with Crippen molar-refractivity contribution in [2.75, 3.05) is 37.2 Å². The molecule has 0 aliphatic carbocycles. The van der Waals surface area contributed by atoms with E-state index in [9.17, 15) is 5.11 Å². The summed E-state index contributed by atoms with van der Waals surface area (Å²) < 4.78 is 5.40. The molecule has 2 aliphatic heterocycles. The molecule has 180 valence electrons. The number of ether oxygens (including phenoxy) is 1. The number of hydrogen-bond acceptors (Lipinski definition) is 8. The maximum absolute atomic E-state index is 10.0. The Morgan fingerprint density at radius 3 is 2.66 bits per heavy atom. The number of nitrogens with one attached hydrogen (secondary N) is 1. The van der Waals surface area contributed by atoms with E-state index < -0.39 is 0 Å². The molecule has 7 nitrogen and oxygen atoms in total. The van der Waals surface area contributed by atoms with E-state index >= 15 is 0 Å². The van der Waals surface area contributed by atoms with Gasteiger partial charge in [-0.25, -0.2) is 5.01 Å². The van der Waals surface area contributed by atoms with Crippen molar-refractivity contribution in [3.63, 3.8) is 0 Å². The van der Waals surface area contributed by atoms with Crippen LogP contribution in [0.5, 0.6) is 5.75 Å². The summed E-state index contributed by atoms with van der Waals surface area (Å²) in [6, 6.07) is 4.44. The number of likely N-dealkylation sites (tertiary alicyclic amines) is 1. The minimum atomic E-state index is 0.196. The first kappa shape index (κ1) is 28.2. The molecule has 2 heterocycles. The Bertz CT molecular complexity index is 714. The average molecular weight is 464 g/mol. The average Bonchev–Trinajstić information content (AvgIpc) is 3.29. The standard InChI is InChI=1S/C13H19N3OS.C10H19NO.CH3N/c1-9-5-10(2)13(12(17)6-9)16(15-4)7-11(3)18-8-14;1-9-3-2-5-11(7-9)10-4-6-12-8-10;1-2/h5-7,17H,4,8,14H2,1-3H3;9-10H,2-8H2,1H3;2H,1H2/b11-7+;;. The summed E-state index contributed by atoms with van der Waals surface area (Å²) >= 11 is 1.51. The van der Waals surface area contributed by atoms with E-state index in [1.165, 1.54) is 44.1 Å². The summed E-state index contributed by atoms with van der Waals surface area (Å²) in [6.45, 7) is 18.8. The molecule has 0 bridgehead atoms. The van der Waals surface area contributed by atoms with Crippen molar-refractivity contribution in [3.05, 3.63) is 34.4 Å². The fourth-order valence-electron chi connectivity index (χ4n) is 4.12. The molecule has 1 aromatic carbocycles. The smallest absolute Gasteiger partial charge is 0.141 e. The van der Waals surface area contributed by atoms with Gasteiger partial charge in [0.05, 0.1) is 6.61 Å². The Labute approximate surface area is 198 Å². The number of anilines is 1. The molecule has 4 N–H and O–H groups in total. The Morgan fingerprint density at radius 1 is 1.41 bits per heavy atom. The second-order valence-corrected chi connectivity index (χ2v) is 9.51. The number of phenols is 1. The molecule has 32 heavy (non-hydrogen) atoms. The van der Waals surface area contributed by atoms with Gasteiger partial charge in [0, 0.05) is 42.9 Å². The molecule has 3 rings (SSSR count). The van der Waals surface area contributed by atoms with Gasteiger partial charge in [0.15, 0.2) is 0 Å². The van der Waals surface area contributed by atoms with Crippen molar-refractivity contribution >= 4 is 30.9 Å². The second kappa shape index (κ2) is 15.1. The third kappa shape index (κ3) is 8.94. The van der Waals surface area contributed by atoms with Gasteiger partial charge in [0.1, 0.15) is 11.4 Å². The Morgan fingerprint density at radius 2 is 2.12 bits per heavy atom. The third-order valence-corrected chi connectivity index (χ3v) is 6.26. The zero-order valence-electron chi connectivity index (χ0n) is 20.1. The van der Waals surface area contributed by atoms with Gasteiger partial charge in [0.2, 0.25) is 0 Å². The van der Waals surface area contributed by atoms with Gasteiger partial charge in [-0.2, -0.15) is 5.10 Å². The fraction of sp³-hybridized carbons (Fsp3) is 0.583. The van der Waals surface area contributed by atoms with E-state index in [-0.39, 0.29) is 5.75 Å². The Balaban J connectivity index is 0.000000315. The van der Waals surface area contributed by atoms with Crippen molar-refractivity contribution in [1.29, 1.82) is 5.41 Å². The third-order valence-electron chi connectivity index (χ3n) is 5.53. The number of nitrogens with zero attached hydrogens (tertiary/aromatic N) is 3. The summed E-state index contributed by atoms with van der Waals surface area (Å²) in [4.78, 5) is 3.63. The lowest BCUT2D eigenvalue weighted by atomic mass is 9.98. The van der Waals surface area contributed by atoms with Crippen molar-refractivity contribution < 1.29 is 9.84 Å². The van der Waals surface area contributed by atoms with E-state index in [2.05, 4.69) is 30.4 Å². The van der Waals surface area contributed by atoms with E-state index in [4.69, 9.17) is 15.9 Å². The van der Waals surface area contributed by atoms with Crippen molar-refractivity contribution in [2.24, 2.45) is 16.8 Å². The van der Waals surface area contributed by atoms with E-state index in [0.29, 0.717) is 11.6 Å². The van der Waals surface area contributed by atoms with Crippen LogP contribution in [-0.2, 0) is 4.74 Å². The largest absolute Gasteiger partial charge is 0.506 e. The number of hydrogen-bond donors (Lipinski definition) is 3. The SMILES string of the molecule is C=N.C=NN(/C=C(\C)SCN)c1c(C)cc(C)cc1O.CC1CCCN(C2CCOC2)C1. The number of nitrogens with two attached hydrogens (primary N) is 1. The summed E-state index contributed by atoms with van der Waals surface area (Å²) in [5.74, 6) is 1.60. The molecule has 1 aromatic rings. The zero-order valence-corrected chi connectivity index (χ0v) is 21.0. The lowest BCUT2D eigenvalue weighted by Crippen LogP contribution is -2.42. The van der Waals surface area contributed by atoms with E-state index in [0.717, 1.165) is 41.2 Å². The number of benzene rings is 1.